The number of benzene rings is 1. The molecule has 2 aromatic rings. The Bertz CT molecular complexity index is 575. The minimum Gasteiger partial charge on any atom is -0.292 e. The van der Waals surface area contributed by atoms with Crippen molar-refractivity contribution in [2.75, 3.05) is 0 Å². The maximum atomic E-state index is 12.9. The summed E-state index contributed by atoms with van der Waals surface area (Å²) in [6.07, 6.45) is 0.939. The van der Waals surface area contributed by atoms with Crippen LogP contribution < -0.4 is 0 Å². The first-order valence-corrected chi connectivity index (χ1v) is 7.49. The van der Waals surface area contributed by atoms with E-state index in [0.717, 1.165) is 12.0 Å². The molecule has 0 saturated heterocycles. The molecule has 0 radical (unpaired) electrons. The molecular formula is C15H18BrN3O. The highest BCUT2D eigenvalue weighted by atomic mass is 79.9. The molecule has 2 unspecified atom stereocenters. The fourth-order valence-corrected chi connectivity index (χ4v) is 2.90. The van der Waals surface area contributed by atoms with Crippen LogP contribution in [0.25, 0.3) is 0 Å². The molecule has 0 aliphatic carbocycles. The van der Waals surface area contributed by atoms with Crippen molar-refractivity contribution in [1.29, 1.82) is 0 Å². The van der Waals surface area contributed by atoms with Gasteiger partial charge in [0.2, 0.25) is 0 Å². The first kappa shape index (κ1) is 14.9. The van der Waals surface area contributed by atoms with Crippen LogP contribution in [0.15, 0.2) is 34.9 Å². The van der Waals surface area contributed by atoms with Crippen LogP contribution in [0.1, 0.15) is 42.2 Å². The molecule has 2 rings (SSSR count). The summed E-state index contributed by atoms with van der Waals surface area (Å²) >= 11 is 3.31. The van der Waals surface area contributed by atoms with E-state index < -0.39 is 0 Å². The van der Waals surface area contributed by atoms with Crippen molar-refractivity contribution in [3.63, 3.8) is 0 Å². The Balaban J connectivity index is 2.45. The van der Waals surface area contributed by atoms with Crippen molar-refractivity contribution in [2.45, 2.75) is 26.2 Å². The van der Waals surface area contributed by atoms with Crippen molar-refractivity contribution in [3.05, 3.63) is 46.2 Å². The van der Waals surface area contributed by atoms with Gasteiger partial charge in [0.15, 0.2) is 10.4 Å². The van der Waals surface area contributed by atoms with Gasteiger partial charge in [-0.3, -0.25) is 4.79 Å². The van der Waals surface area contributed by atoms with E-state index >= 15 is 0 Å². The predicted octanol–water partition coefficient (Wildman–Crippen LogP) is 3.59. The van der Waals surface area contributed by atoms with Gasteiger partial charge in [0, 0.05) is 7.05 Å². The zero-order valence-corrected chi connectivity index (χ0v) is 13.5. The standard InChI is InChI=1S/C15H18BrN3O/c1-4-10(2)12(11-8-6-5-7-9-11)14(20)13-15(16)17-18-19(13)3/h5-10,12H,4H2,1-3H3. The molecule has 0 amide bonds. The van der Waals surface area contributed by atoms with E-state index in [1.165, 1.54) is 4.68 Å². The van der Waals surface area contributed by atoms with Crippen molar-refractivity contribution < 1.29 is 4.79 Å². The van der Waals surface area contributed by atoms with E-state index in [9.17, 15) is 4.79 Å². The lowest BCUT2D eigenvalue weighted by atomic mass is 9.81. The van der Waals surface area contributed by atoms with Crippen molar-refractivity contribution in [1.82, 2.24) is 15.0 Å². The summed E-state index contributed by atoms with van der Waals surface area (Å²) in [5, 5.41) is 7.80. The number of Topliss-reactive ketones (excluding diaryl/α,β-unsaturated/α-hetero) is 1. The molecule has 0 bridgehead atoms. The summed E-state index contributed by atoms with van der Waals surface area (Å²) in [5.41, 5.74) is 1.57. The van der Waals surface area contributed by atoms with Gasteiger partial charge in [-0.15, -0.1) is 5.10 Å². The average Bonchev–Trinajstić information content (AvgIpc) is 2.79. The average molecular weight is 336 g/mol. The Morgan fingerprint density at radius 1 is 1.35 bits per heavy atom. The smallest absolute Gasteiger partial charge is 0.191 e. The van der Waals surface area contributed by atoms with Crippen LogP contribution in [-0.2, 0) is 7.05 Å². The predicted molar refractivity (Wildman–Crippen MR) is 81.7 cm³/mol. The molecule has 0 saturated carbocycles. The zero-order valence-electron chi connectivity index (χ0n) is 11.9. The van der Waals surface area contributed by atoms with Gasteiger partial charge in [-0.2, -0.15) is 0 Å². The summed E-state index contributed by atoms with van der Waals surface area (Å²) in [5.74, 6) is 0.145. The van der Waals surface area contributed by atoms with Gasteiger partial charge < -0.3 is 0 Å². The van der Waals surface area contributed by atoms with Crippen molar-refractivity contribution >= 4 is 21.7 Å². The summed E-state index contributed by atoms with van der Waals surface area (Å²) < 4.78 is 2.04. The molecular weight excluding hydrogens is 318 g/mol. The molecule has 0 aliphatic heterocycles. The lowest BCUT2D eigenvalue weighted by molar-refractivity contribution is 0.0921. The number of aromatic nitrogens is 3. The Morgan fingerprint density at radius 2 is 2.00 bits per heavy atom. The molecule has 0 spiro atoms. The van der Waals surface area contributed by atoms with E-state index in [0.29, 0.717) is 10.3 Å². The minimum absolute atomic E-state index is 0.0601. The molecule has 2 atom stereocenters. The van der Waals surface area contributed by atoms with Gasteiger partial charge in [0.05, 0.1) is 5.92 Å². The number of carbonyl (C=O) groups excluding carboxylic acids is 1. The van der Waals surface area contributed by atoms with Crippen molar-refractivity contribution in [3.8, 4) is 0 Å². The molecule has 0 aliphatic rings. The zero-order chi connectivity index (χ0) is 14.7. The molecule has 1 heterocycles. The van der Waals surface area contributed by atoms with Crippen molar-refractivity contribution in [2.24, 2.45) is 13.0 Å². The van der Waals surface area contributed by atoms with E-state index in [2.05, 4.69) is 40.1 Å². The number of halogens is 1. The summed E-state index contributed by atoms with van der Waals surface area (Å²) in [4.78, 5) is 12.9. The minimum atomic E-state index is -0.172. The summed E-state index contributed by atoms with van der Waals surface area (Å²) in [6, 6.07) is 9.91. The SMILES string of the molecule is CCC(C)C(C(=O)c1c(Br)nnn1C)c1ccccc1. The lowest BCUT2D eigenvalue weighted by Crippen LogP contribution is -2.22. The Morgan fingerprint density at radius 3 is 2.50 bits per heavy atom. The normalized spacial score (nSPS) is 14.0. The molecule has 0 fully saturated rings. The van der Waals surface area contributed by atoms with Crippen LogP contribution >= 0.6 is 15.9 Å². The van der Waals surface area contributed by atoms with Gasteiger partial charge in [0.1, 0.15) is 5.69 Å². The van der Waals surface area contributed by atoms with Crippen LogP contribution in [0.3, 0.4) is 0 Å². The third kappa shape index (κ3) is 2.82. The van der Waals surface area contributed by atoms with Crippen LogP contribution in [0.4, 0.5) is 0 Å². The summed E-state index contributed by atoms with van der Waals surface area (Å²) in [6.45, 7) is 4.21. The van der Waals surface area contributed by atoms with Crippen LogP contribution in [0.5, 0.6) is 0 Å². The lowest BCUT2D eigenvalue weighted by Gasteiger charge is -2.22. The quantitative estimate of drug-likeness (QED) is 0.784. The second kappa shape index (κ2) is 6.31. The van der Waals surface area contributed by atoms with E-state index in [4.69, 9.17) is 0 Å². The molecule has 0 N–H and O–H groups in total. The van der Waals surface area contributed by atoms with Gasteiger partial charge in [-0.05, 0) is 27.4 Å². The Labute approximate surface area is 127 Å². The number of nitrogens with zero attached hydrogens (tertiary/aromatic N) is 3. The van der Waals surface area contributed by atoms with Crippen LogP contribution in [0.2, 0.25) is 0 Å². The van der Waals surface area contributed by atoms with Gasteiger partial charge in [-0.25, -0.2) is 4.68 Å². The van der Waals surface area contributed by atoms with E-state index in [-0.39, 0.29) is 17.6 Å². The number of aryl methyl sites for hydroxylation is 1. The highest BCUT2D eigenvalue weighted by Crippen LogP contribution is 2.31. The summed E-state index contributed by atoms with van der Waals surface area (Å²) in [7, 11) is 1.74. The van der Waals surface area contributed by atoms with E-state index in [1.54, 1.807) is 7.05 Å². The molecule has 4 nitrogen and oxygen atoms in total. The van der Waals surface area contributed by atoms with Crippen LogP contribution in [-0.4, -0.2) is 20.8 Å². The molecule has 106 valence electrons. The largest absolute Gasteiger partial charge is 0.292 e. The van der Waals surface area contributed by atoms with E-state index in [1.807, 2.05) is 30.3 Å². The first-order valence-electron chi connectivity index (χ1n) is 6.70. The second-order valence-corrected chi connectivity index (χ2v) is 5.74. The molecule has 20 heavy (non-hydrogen) atoms. The fraction of sp³-hybridized carbons (Fsp3) is 0.400. The third-order valence-corrected chi connectivity index (χ3v) is 4.21. The maximum absolute atomic E-state index is 12.9. The number of carbonyl (C=O) groups is 1. The Kier molecular flexibility index (Phi) is 4.70. The van der Waals surface area contributed by atoms with Gasteiger partial charge >= 0.3 is 0 Å². The molecule has 1 aromatic heterocycles. The Hall–Kier alpha value is -1.49. The molecule has 5 heteroatoms. The topological polar surface area (TPSA) is 47.8 Å². The number of ketones is 1. The van der Waals surface area contributed by atoms with Crippen LogP contribution in [0, 0.1) is 5.92 Å². The first-order chi connectivity index (χ1) is 9.56. The monoisotopic (exact) mass is 335 g/mol. The number of hydrogen-bond acceptors (Lipinski definition) is 3. The third-order valence-electron chi connectivity index (χ3n) is 3.67. The molecule has 1 aromatic carbocycles. The maximum Gasteiger partial charge on any atom is 0.191 e. The van der Waals surface area contributed by atoms with Gasteiger partial charge in [0.25, 0.3) is 0 Å². The van der Waals surface area contributed by atoms with Gasteiger partial charge in [-0.1, -0.05) is 55.8 Å². The highest BCUT2D eigenvalue weighted by molar-refractivity contribution is 9.10. The number of hydrogen-bond donors (Lipinski definition) is 0. The number of rotatable bonds is 5. The highest BCUT2D eigenvalue weighted by Gasteiger charge is 2.30. The fourth-order valence-electron chi connectivity index (χ4n) is 2.37. The second-order valence-electron chi connectivity index (χ2n) is 4.99.